The molecular weight excluding hydrogens is 272 g/mol. The van der Waals surface area contributed by atoms with Crippen LogP contribution in [0.15, 0.2) is 24.3 Å². The first kappa shape index (κ1) is 15.5. The molecule has 0 bridgehead atoms. The summed E-state index contributed by atoms with van der Waals surface area (Å²) in [6.07, 6.45) is 0. The Morgan fingerprint density at radius 1 is 1.00 bits per heavy atom. The highest BCUT2D eigenvalue weighted by Crippen LogP contribution is 2.15. The number of hydrogen-bond donors (Lipinski definition) is 0. The van der Waals surface area contributed by atoms with E-state index < -0.39 is 0 Å². The molecule has 1 atom stereocenters. The van der Waals surface area contributed by atoms with Crippen LogP contribution >= 0.6 is 11.6 Å². The van der Waals surface area contributed by atoms with Gasteiger partial charge in [-0.15, -0.1) is 0 Å². The minimum absolute atomic E-state index is 0.0644. The Kier molecular flexibility index (Phi) is 5.19. The van der Waals surface area contributed by atoms with E-state index in [1.807, 2.05) is 19.1 Å². The number of nitrogens with zero attached hydrogens (tertiary/aromatic N) is 2. The van der Waals surface area contributed by atoms with E-state index in [0.717, 1.165) is 31.7 Å². The van der Waals surface area contributed by atoms with Crippen LogP contribution in [0.25, 0.3) is 0 Å². The van der Waals surface area contributed by atoms with Crippen LogP contribution in [0.3, 0.4) is 0 Å². The fraction of sp³-hybridized carbons (Fsp3) is 0.562. The predicted octanol–water partition coefficient (Wildman–Crippen LogP) is 2.94. The van der Waals surface area contributed by atoms with Crippen molar-refractivity contribution in [1.82, 2.24) is 9.80 Å². The summed E-state index contributed by atoms with van der Waals surface area (Å²) >= 11 is 5.86. The molecule has 110 valence electrons. The smallest absolute Gasteiger partial charge is 0.179 e. The molecule has 1 unspecified atom stereocenters. The molecular formula is C16H23ClN2O. The van der Waals surface area contributed by atoms with Crippen molar-refractivity contribution in [3.63, 3.8) is 0 Å². The Balaban J connectivity index is 1.96. The van der Waals surface area contributed by atoms with Gasteiger partial charge in [0.2, 0.25) is 0 Å². The fourth-order valence-corrected chi connectivity index (χ4v) is 2.79. The maximum Gasteiger partial charge on any atom is 0.179 e. The average molecular weight is 295 g/mol. The normalized spacial score (nSPS) is 19.2. The topological polar surface area (TPSA) is 23.6 Å². The van der Waals surface area contributed by atoms with Crippen LogP contribution in [-0.4, -0.2) is 53.8 Å². The molecule has 4 heteroatoms. The van der Waals surface area contributed by atoms with Gasteiger partial charge >= 0.3 is 0 Å². The number of benzene rings is 1. The summed E-state index contributed by atoms with van der Waals surface area (Å²) in [7, 11) is 0. The highest BCUT2D eigenvalue weighted by atomic mass is 35.5. The molecule has 0 radical (unpaired) electrons. The first-order valence-corrected chi connectivity index (χ1v) is 7.64. The lowest BCUT2D eigenvalue weighted by Gasteiger charge is -2.39. The van der Waals surface area contributed by atoms with Crippen molar-refractivity contribution >= 4 is 17.4 Å². The highest BCUT2D eigenvalue weighted by Gasteiger charge is 2.26. The summed E-state index contributed by atoms with van der Waals surface area (Å²) in [4.78, 5) is 17.2. The van der Waals surface area contributed by atoms with Crippen molar-refractivity contribution in [1.29, 1.82) is 0 Å². The van der Waals surface area contributed by atoms with Crippen molar-refractivity contribution in [2.75, 3.05) is 26.2 Å². The maximum atomic E-state index is 12.5. The molecule has 20 heavy (non-hydrogen) atoms. The van der Waals surface area contributed by atoms with Crippen LogP contribution in [0.1, 0.15) is 31.1 Å². The molecule has 0 aromatic heterocycles. The second kappa shape index (κ2) is 6.70. The quantitative estimate of drug-likeness (QED) is 0.798. The second-order valence-electron chi connectivity index (χ2n) is 5.71. The van der Waals surface area contributed by atoms with Crippen LogP contribution in [-0.2, 0) is 0 Å². The molecule has 2 rings (SSSR count). The summed E-state index contributed by atoms with van der Waals surface area (Å²) in [5, 5.41) is 0.666. The standard InChI is InChI=1S/C16H23ClN2O/c1-12(2)18-8-10-19(11-9-18)13(3)16(20)14-4-6-15(17)7-5-14/h4-7,12-13H,8-11H2,1-3H3. The van der Waals surface area contributed by atoms with Crippen molar-refractivity contribution in [2.45, 2.75) is 32.9 Å². The molecule has 0 saturated carbocycles. The third-order valence-electron chi connectivity index (χ3n) is 4.14. The molecule has 3 nitrogen and oxygen atoms in total. The van der Waals surface area contributed by atoms with Gasteiger partial charge in [-0.05, 0) is 45.0 Å². The number of hydrogen-bond acceptors (Lipinski definition) is 3. The number of carbonyl (C=O) groups excluding carboxylic acids is 1. The molecule has 1 aromatic rings. The number of carbonyl (C=O) groups is 1. The fourth-order valence-electron chi connectivity index (χ4n) is 2.66. The van der Waals surface area contributed by atoms with E-state index >= 15 is 0 Å². The van der Waals surface area contributed by atoms with Crippen molar-refractivity contribution in [2.24, 2.45) is 0 Å². The molecule has 0 aliphatic carbocycles. The lowest BCUT2D eigenvalue weighted by molar-refractivity contribution is 0.0639. The highest BCUT2D eigenvalue weighted by molar-refractivity contribution is 6.30. The lowest BCUT2D eigenvalue weighted by Crippen LogP contribution is -2.53. The molecule has 1 heterocycles. The predicted molar refractivity (Wildman–Crippen MR) is 83.5 cm³/mol. The van der Waals surface area contributed by atoms with Gasteiger partial charge in [0, 0.05) is 42.8 Å². The minimum Gasteiger partial charge on any atom is -0.298 e. The number of halogens is 1. The summed E-state index contributed by atoms with van der Waals surface area (Å²) in [5.41, 5.74) is 0.744. The van der Waals surface area contributed by atoms with Crippen molar-refractivity contribution < 1.29 is 4.79 Å². The van der Waals surface area contributed by atoms with Crippen LogP contribution in [0.2, 0.25) is 5.02 Å². The third-order valence-corrected chi connectivity index (χ3v) is 4.39. The van der Waals surface area contributed by atoms with Crippen molar-refractivity contribution in [3.05, 3.63) is 34.9 Å². The Hall–Kier alpha value is -0.900. The first-order chi connectivity index (χ1) is 9.49. The van der Waals surface area contributed by atoms with E-state index in [4.69, 9.17) is 11.6 Å². The maximum absolute atomic E-state index is 12.5. The zero-order valence-corrected chi connectivity index (χ0v) is 13.2. The van der Waals surface area contributed by atoms with Crippen LogP contribution in [0.5, 0.6) is 0 Å². The second-order valence-corrected chi connectivity index (χ2v) is 6.15. The largest absolute Gasteiger partial charge is 0.298 e. The van der Waals surface area contributed by atoms with Gasteiger partial charge in [-0.3, -0.25) is 14.6 Å². The summed E-state index contributed by atoms with van der Waals surface area (Å²) in [6.45, 7) is 10.4. The third kappa shape index (κ3) is 3.60. The summed E-state index contributed by atoms with van der Waals surface area (Å²) in [5.74, 6) is 0.180. The van der Waals surface area contributed by atoms with Gasteiger partial charge in [0.05, 0.1) is 6.04 Å². The zero-order chi connectivity index (χ0) is 14.7. The molecule has 0 N–H and O–H groups in total. The molecule has 1 aromatic carbocycles. The summed E-state index contributed by atoms with van der Waals surface area (Å²) in [6, 6.07) is 7.69. The van der Waals surface area contributed by atoms with Gasteiger partial charge in [0.1, 0.15) is 0 Å². The van der Waals surface area contributed by atoms with Gasteiger partial charge in [0.25, 0.3) is 0 Å². The number of ketones is 1. The summed E-state index contributed by atoms with van der Waals surface area (Å²) < 4.78 is 0. The van der Waals surface area contributed by atoms with E-state index in [1.54, 1.807) is 12.1 Å². The van der Waals surface area contributed by atoms with E-state index in [1.165, 1.54) is 0 Å². The Morgan fingerprint density at radius 2 is 1.50 bits per heavy atom. The van der Waals surface area contributed by atoms with E-state index in [2.05, 4.69) is 23.6 Å². The molecule has 1 aliphatic heterocycles. The van der Waals surface area contributed by atoms with E-state index in [0.29, 0.717) is 11.1 Å². The van der Waals surface area contributed by atoms with Gasteiger partial charge in [0.15, 0.2) is 5.78 Å². The average Bonchev–Trinajstić information content (AvgIpc) is 2.46. The number of Topliss-reactive ketones (excluding diaryl/α,β-unsaturated/α-hetero) is 1. The first-order valence-electron chi connectivity index (χ1n) is 7.27. The number of rotatable bonds is 4. The SMILES string of the molecule is CC(C)N1CCN(C(C)C(=O)c2ccc(Cl)cc2)CC1. The van der Waals surface area contributed by atoms with Crippen LogP contribution in [0.4, 0.5) is 0 Å². The van der Waals surface area contributed by atoms with Gasteiger partial charge in [-0.25, -0.2) is 0 Å². The Morgan fingerprint density at radius 3 is 2.00 bits per heavy atom. The van der Waals surface area contributed by atoms with Gasteiger partial charge in [-0.1, -0.05) is 11.6 Å². The van der Waals surface area contributed by atoms with Crippen LogP contribution in [0, 0.1) is 0 Å². The Labute approximate surface area is 126 Å². The number of piperazine rings is 1. The van der Waals surface area contributed by atoms with E-state index in [-0.39, 0.29) is 11.8 Å². The van der Waals surface area contributed by atoms with Gasteiger partial charge < -0.3 is 0 Å². The van der Waals surface area contributed by atoms with Gasteiger partial charge in [-0.2, -0.15) is 0 Å². The molecule has 0 spiro atoms. The molecule has 1 aliphatic rings. The molecule has 0 amide bonds. The molecule has 1 saturated heterocycles. The van der Waals surface area contributed by atoms with Crippen molar-refractivity contribution in [3.8, 4) is 0 Å². The zero-order valence-electron chi connectivity index (χ0n) is 12.5. The minimum atomic E-state index is -0.0644. The monoisotopic (exact) mass is 294 g/mol. The molecule has 1 fully saturated rings. The Bertz CT molecular complexity index is 450. The van der Waals surface area contributed by atoms with E-state index in [9.17, 15) is 4.79 Å². The lowest BCUT2D eigenvalue weighted by atomic mass is 10.0. The van der Waals surface area contributed by atoms with Crippen LogP contribution < -0.4 is 0 Å².